The second-order valence-electron chi connectivity index (χ2n) is 2.29. The average Bonchev–Trinajstić information content (AvgIpc) is 1.95. The van der Waals surface area contributed by atoms with Crippen LogP contribution in [-0.2, 0) is 4.79 Å². The summed E-state index contributed by atoms with van der Waals surface area (Å²) in [7, 11) is 0. The molecular weight excluding hydrogens is 133 g/mol. The minimum atomic E-state index is -1.04. The third-order valence-electron chi connectivity index (χ3n) is 1.42. The summed E-state index contributed by atoms with van der Waals surface area (Å²) in [5.41, 5.74) is 0.321. The molecule has 10 heavy (non-hydrogen) atoms. The number of aldehydes is 1. The Morgan fingerprint density at radius 1 is 1.80 bits per heavy atom. The Morgan fingerprint density at radius 2 is 2.50 bits per heavy atom. The minimum absolute atomic E-state index is 0.224. The van der Waals surface area contributed by atoms with Crippen molar-refractivity contribution in [3.8, 4) is 0 Å². The van der Waals surface area contributed by atoms with Crippen LogP contribution in [0.2, 0.25) is 0 Å². The van der Waals surface area contributed by atoms with Crippen LogP contribution in [-0.4, -0.2) is 18.7 Å². The first-order valence-corrected chi connectivity index (χ1v) is 3.09. The first-order valence-electron chi connectivity index (χ1n) is 3.09. The van der Waals surface area contributed by atoms with Crippen molar-refractivity contribution in [3.05, 3.63) is 11.8 Å². The van der Waals surface area contributed by atoms with Gasteiger partial charge < -0.3 is 0 Å². The van der Waals surface area contributed by atoms with E-state index < -0.39 is 6.17 Å². The summed E-state index contributed by atoms with van der Waals surface area (Å²) in [4.78, 5) is 13.7. The number of halogens is 1. The zero-order chi connectivity index (χ0) is 7.56. The molecule has 1 heterocycles. The largest absolute Gasteiger partial charge is 0.296 e. The topological polar surface area (TPSA) is 29.4 Å². The Hall–Kier alpha value is -0.990. The van der Waals surface area contributed by atoms with E-state index in [9.17, 15) is 9.18 Å². The summed E-state index contributed by atoms with van der Waals surface area (Å²) in [5.74, 6) is -0.224. The Balaban J connectivity index is 2.75. The lowest BCUT2D eigenvalue weighted by Crippen LogP contribution is -2.16. The van der Waals surface area contributed by atoms with Gasteiger partial charge in [0.2, 0.25) is 0 Å². The zero-order valence-electron chi connectivity index (χ0n) is 5.62. The summed E-state index contributed by atoms with van der Waals surface area (Å²) < 4.78 is 12.6. The number of hydrogen-bond acceptors (Lipinski definition) is 2. The number of rotatable bonds is 1. The molecule has 2 unspecified atom stereocenters. The fraction of sp³-hybridized carbons (Fsp3) is 0.429. The van der Waals surface area contributed by atoms with E-state index in [0.29, 0.717) is 12.0 Å². The lowest BCUT2D eigenvalue weighted by molar-refractivity contribution is -0.105. The van der Waals surface area contributed by atoms with Gasteiger partial charge in [-0.15, -0.1) is 0 Å². The molecule has 0 aliphatic carbocycles. The molecule has 0 fully saturated rings. The Morgan fingerprint density at radius 3 is 3.00 bits per heavy atom. The van der Waals surface area contributed by atoms with Gasteiger partial charge in [0, 0.05) is 12.1 Å². The quantitative estimate of drug-likeness (QED) is 0.503. The van der Waals surface area contributed by atoms with E-state index in [1.165, 1.54) is 6.08 Å². The molecular formula is C7H8FNO. The van der Waals surface area contributed by atoms with Crippen molar-refractivity contribution in [3.63, 3.8) is 0 Å². The van der Waals surface area contributed by atoms with E-state index in [1.54, 1.807) is 6.92 Å². The zero-order valence-corrected chi connectivity index (χ0v) is 5.62. The maximum absolute atomic E-state index is 12.6. The summed E-state index contributed by atoms with van der Waals surface area (Å²) in [5, 5.41) is 0. The van der Waals surface area contributed by atoms with Gasteiger partial charge in [0.1, 0.15) is 6.17 Å². The van der Waals surface area contributed by atoms with Crippen LogP contribution in [0.1, 0.15) is 6.92 Å². The SMILES string of the molecule is CC1C=C(C=O)N=CC1F. The monoisotopic (exact) mass is 141 g/mol. The third-order valence-corrected chi connectivity index (χ3v) is 1.42. The normalized spacial score (nSPS) is 31.6. The highest BCUT2D eigenvalue weighted by atomic mass is 19.1. The number of alkyl halides is 1. The lowest BCUT2D eigenvalue weighted by Gasteiger charge is -2.11. The predicted octanol–water partition coefficient (Wildman–Crippen LogP) is 1.13. The fourth-order valence-corrected chi connectivity index (χ4v) is 0.767. The van der Waals surface area contributed by atoms with Gasteiger partial charge in [-0.3, -0.25) is 9.79 Å². The Labute approximate surface area is 58.5 Å². The van der Waals surface area contributed by atoms with E-state index in [4.69, 9.17) is 0 Å². The van der Waals surface area contributed by atoms with Crippen molar-refractivity contribution in [2.45, 2.75) is 13.1 Å². The van der Waals surface area contributed by atoms with Gasteiger partial charge in [-0.1, -0.05) is 6.92 Å². The summed E-state index contributed by atoms with van der Waals surface area (Å²) in [6.07, 6.45) is 2.27. The van der Waals surface area contributed by atoms with Gasteiger partial charge >= 0.3 is 0 Å². The van der Waals surface area contributed by atoms with Crippen LogP contribution in [0.4, 0.5) is 4.39 Å². The van der Waals surface area contributed by atoms with Gasteiger partial charge in [0.25, 0.3) is 0 Å². The van der Waals surface area contributed by atoms with Crippen LogP contribution < -0.4 is 0 Å². The highest BCUT2D eigenvalue weighted by molar-refractivity contribution is 5.80. The second kappa shape index (κ2) is 2.73. The van der Waals surface area contributed by atoms with Gasteiger partial charge in [0.05, 0.1) is 5.70 Å². The maximum Gasteiger partial charge on any atom is 0.168 e. The molecule has 0 aromatic heterocycles. The van der Waals surface area contributed by atoms with Gasteiger partial charge in [-0.25, -0.2) is 4.39 Å². The van der Waals surface area contributed by atoms with E-state index in [2.05, 4.69) is 4.99 Å². The molecule has 0 bridgehead atoms. The van der Waals surface area contributed by atoms with E-state index >= 15 is 0 Å². The molecule has 0 aromatic rings. The highest BCUT2D eigenvalue weighted by Gasteiger charge is 2.15. The second-order valence-corrected chi connectivity index (χ2v) is 2.29. The summed E-state index contributed by atoms with van der Waals surface area (Å²) in [6.45, 7) is 1.71. The van der Waals surface area contributed by atoms with Crippen molar-refractivity contribution in [2.24, 2.45) is 10.9 Å². The van der Waals surface area contributed by atoms with Crippen LogP contribution in [0, 0.1) is 5.92 Å². The molecule has 54 valence electrons. The van der Waals surface area contributed by atoms with Crippen molar-refractivity contribution in [1.29, 1.82) is 0 Å². The Kier molecular flexibility index (Phi) is 1.94. The van der Waals surface area contributed by atoms with Crippen LogP contribution in [0.15, 0.2) is 16.8 Å². The summed E-state index contributed by atoms with van der Waals surface area (Å²) >= 11 is 0. The predicted molar refractivity (Wildman–Crippen MR) is 36.7 cm³/mol. The lowest BCUT2D eigenvalue weighted by atomic mass is 10.0. The first kappa shape index (κ1) is 7.12. The smallest absolute Gasteiger partial charge is 0.168 e. The molecule has 0 amide bonds. The molecule has 0 N–H and O–H groups in total. The highest BCUT2D eigenvalue weighted by Crippen LogP contribution is 2.14. The maximum atomic E-state index is 12.6. The molecule has 2 nitrogen and oxygen atoms in total. The van der Waals surface area contributed by atoms with Crippen molar-refractivity contribution >= 4 is 12.5 Å². The third kappa shape index (κ3) is 1.29. The molecule has 0 spiro atoms. The van der Waals surface area contributed by atoms with E-state index in [-0.39, 0.29) is 5.92 Å². The number of aliphatic imine (C=N–C) groups is 1. The van der Waals surface area contributed by atoms with Gasteiger partial charge in [0.15, 0.2) is 6.29 Å². The van der Waals surface area contributed by atoms with Crippen LogP contribution >= 0.6 is 0 Å². The molecule has 1 rings (SSSR count). The molecule has 0 aromatic carbocycles. The molecule has 0 saturated heterocycles. The summed E-state index contributed by atoms with van der Waals surface area (Å²) in [6, 6.07) is 0. The molecule has 3 heteroatoms. The van der Waals surface area contributed by atoms with E-state index in [1.807, 2.05) is 0 Å². The number of carbonyl (C=O) groups is 1. The number of hydrogen-bond donors (Lipinski definition) is 0. The first-order chi connectivity index (χ1) is 4.74. The van der Waals surface area contributed by atoms with Gasteiger partial charge in [-0.05, 0) is 6.08 Å². The number of nitrogens with zero attached hydrogens (tertiary/aromatic N) is 1. The molecule has 2 atom stereocenters. The van der Waals surface area contributed by atoms with Crippen molar-refractivity contribution in [1.82, 2.24) is 0 Å². The van der Waals surface area contributed by atoms with Crippen LogP contribution in [0.25, 0.3) is 0 Å². The molecule has 1 aliphatic rings. The molecule has 0 saturated carbocycles. The molecule has 1 aliphatic heterocycles. The van der Waals surface area contributed by atoms with Gasteiger partial charge in [-0.2, -0.15) is 0 Å². The van der Waals surface area contributed by atoms with Crippen molar-refractivity contribution in [2.75, 3.05) is 0 Å². The van der Waals surface area contributed by atoms with Crippen LogP contribution in [0.3, 0.4) is 0 Å². The fourth-order valence-electron chi connectivity index (χ4n) is 0.767. The average molecular weight is 141 g/mol. The minimum Gasteiger partial charge on any atom is -0.296 e. The molecule has 0 radical (unpaired) electrons. The number of allylic oxidation sites excluding steroid dienone is 2. The van der Waals surface area contributed by atoms with Crippen molar-refractivity contribution < 1.29 is 9.18 Å². The Bertz CT molecular complexity index is 198. The van der Waals surface area contributed by atoms with Crippen LogP contribution in [0.5, 0.6) is 0 Å². The standard InChI is InChI=1S/C7H8FNO/c1-5-2-6(4-10)9-3-7(5)8/h2-5,7H,1H3. The van der Waals surface area contributed by atoms with E-state index in [0.717, 1.165) is 6.21 Å². The number of carbonyl (C=O) groups excluding carboxylic acids is 1.